The number of carboxylic acids is 1. The van der Waals surface area contributed by atoms with E-state index in [2.05, 4.69) is 12.2 Å². The molecule has 0 saturated heterocycles. The van der Waals surface area contributed by atoms with Crippen molar-refractivity contribution in [2.45, 2.75) is 58.0 Å². The average Bonchev–Trinajstić information content (AvgIpc) is 2.27. The van der Waals surface area contributed by atoms with Crippen molar-refractivity contribution in [1.82, 2.24) is 5.32 Å². The highest BCUT2D eigenvalue weighted by Crippen LogP contribution is 2.30. The van der Waals surface area contributed by atoms with E-state index in [9.17, 15) is 9.59 Å². The first-order valence-corrected chi connectivity index (χ1v) is 6.59. The first-order chi connectivity index (χ1) is 8.26. The minimum absolute atomic E-state index is 0.213. The van der Waals surface area contributed by atoms with Crippen molar-refractivity contribution < 1.29 is 14.7 Å². The first kappa shape index (κ1) is 15.0. The van der Waals surface area contributed by atoms with Crippen LogP contribution >= 0.6 is 0 Å². The Balaban J connectivity index is 2.61. The number of hydrogen-bond acceptors (Lipinski definition) is 3. The predicted molar refractivity (Wildman–Crippen MR) is 69.0 cm³/mol. The molecular weight excluding hydrogens is 232 g/mol. The van der Waals surface area contributed by atoms with Crippen molar-refractivity contribution in [3.8, 4) is 0 Å². The number of carbonyl (C=O) groups is 2. The molecule has 1 aliphatic rings. The second-order valence-corrected chi connectivity index (χ2v) is 5.75. The third-order valence-electron chi connectivity index (χ3n) is 3.98. The van der Waals surface area contributed by atoms with Crippen molar-refractivity contribution >= 4 is 11.9 Å². The lowest BCUT2D eigenvalue weighted by Crippen LogP contribution is -2.58. The molecule has 0 heterocycles. The summed E-state index contributed by atoms with van der Waals surface area (Å²) < 4.78 is 0. The quantitative estimate of drug-likeness (QED) is 0.702. The second-order valence-electron chi connectivity index (χ2n) is 5.75. The Bertz CT molecular complexity index is 332. The number of hydrogen-bond donors (Lipinski definition) is 3. The van der Waals surface area contributed by atoms with Crippen LogP contribution in [0.3, 0.4) is 0 Å². The van der Waals surface area contributed by atoms with Gasteiger partial charge in [-0.1, -0.05) is 19.8 Å². The lowest BCUT2D eigenvalue weighted by molar-refractivity contribution is -0.142. The zero-order chi connectivity index (χ0) is 13.9. The lowest BCUT2D eigenvalue weighted by Gasteiger charge is -2.36. The summed E-state index contributed by atoms with van der Waals surface area (Å²) in [5.41, 5.74) is 5.33. The zero-order valence-electron chi connectivity index (χ0n) is 11.4. The van der Waals surface area contributed by atoms with Crippen LogP contribution in [-0.4, -0.2) is 28.6 Å². The van der Waals surface area contributed by atoms with Crippen LogP contribution in [0.15, 0.2) is 0 Å². The molecule has 1 fully saturated rings. The van der Waals surface area contributed by atoms with Crippen molar-refractivity contribution in [3.63, 3.8) is 0 Å². The normalized spacial score (nSPS) is 31.4. The van der Waals surface area contributed by atoms with E-state index in [0.29, 0.717) is 18.8 Å². The van der Waals surface area contributed by atoms with Gasteiger partial charge in [-0.05, 0) is 32.6 Å². The number of aliphatic carboxylic acids is 1. The minimum atomic E-state index is -0.911. The molecule has 4 N–H and O–H groups in total. The Kier molecular flexibility index (Phi) is 4.73. The van der Waals surface area contributed by atoms with E-state index in [0.717, 1.165) is 12.8 Å². The van der Waals surface area contributed by atoms with Gasteiger partial charge in [-0.15, -0.1) is 0 Å². The Morgan fingerprint density at radius 3 is 2.56 bits per heavy atom. The van der Waals surface area contributed by atoms with Gasteiger partial charge in [0.05, 0.1) is 11.5 Å². The van der Waals surface area contributed by atoms with Gasteiger partial charge in [0.15, 0.2) is 0 Å². The topological polar surface area (TPSA) is 92.4 Å². The fourth-order valence-electron chi connectivity index (χ4n) is 2.49. The highest BCUT2D eigenvalue weighted by Gasteiger charge is 2.39. The summed E-state index contributed by atoms with van der Waals surface area (Å²) in [5.74, 6) is -1.29. The summed E-state index contributed by atoms with van der Waals surface area (Å²) in [4.78, 5) is 23.0. The molecule has 104 valence electrons. The van der Waals surface area contributed by atoms with E-state index in [1.54, 1.807) is 13.8 Å². The smallest absolute Gasteiger partial charge is 0.308 e. The Morgan fingerprint density at radius 1 is 1.44 bits per heavy atom. The summed E-state index contributed by atoms with van der Waals surface area (Å²) in [6, 6.07) is -0.410. The third kappa shape index (κ3) is 3.45. The van der Waals surface area contributed by atoms with Crippen molar-refractivity contribution in [1.29, 1.82) is 0 Å². The lowest BCUT2D eigenvalue weighted by atomic mass is 9.76. The molecule has 4 unspecified atom stereocenters. The number of amides is 1. The maximum Gasteiger partial charge on any atom is 0.308 e. The fourth-order valence-corrected chi connectivity index (χ4v) is 2.49. The molecule has 18 heavy (non-hydrogen) atoms. The molecule has 0 aromatic carbocycles. The highest BCUT2D eigenvalue weighted by atomic mass is 16.4. The van der Waals surface area contributed by atoms with Crippen LogP contribution in [0.2, 0.25) is 0 Å². The number of rotatable bonds is 4. The minimum Gasteiger partial charge on any atom is -0.481 e. The summed E-state index contributed by atoms with van der Waals surface area (Å²) in [7, 11) is 0. The summed E-state index contributed by atoms with van der Waals surface area (Å²) in [6.07, 6.45) is 3.41. The van der Waals surface area contributed by atoms with E-state index in [4.69, 9.17) is 10.8 Å². The summed E-state index contributed by atoms with van der Waals surface area (Å²) in [5, 5.41) is 11.6. The highest BCUT2D eigenvalue weighted by molar-refractivity contribution is 5.87. The largest absolute Gasteiger partial charge is 0.481 e. The molecule has 1 aliphatic carbocycles. The fraction of sp³-hybridized carbons (Fsp3) is 0.846. The molecule has 0 aliphatic heterocycles. The SMILES string of the molecule is CC1CCCC(N)(C(=O)NC(C)C(C)C(=O)O)C1. The van der Waals surface area contributed by atoms with Gasteiger partial charge in [-0.3, -0.25) is 9.59 Å². The molecule has 1 amide bonds. The first-order valence-electron chi connectivity index (χ1n) is 6.59. The average molecular weight is 256 g/mol. The van der Waals surface area contributed by atoms with Crippen LogP contribution < -0.4 is 11.1 Å². The van der Waals surface area contributed by atoms with E-state index in [1.807, 2.05) is 0 Å². The van der Waals surface area contributed by atoms with Crippen LogP contribution in [0.5, 0.6) is 0 Å². The van der Waals surface area contributed by atoms with E-state index in [1.165, 1.54) is 0 Å². The monoisotopic (exact) mass is 256 g/mol. The molecule has 5 heteroatoms. The van der Waals surface area contributed by atoms with Crippen molar-refractivity contribution in [2.75, 3.05) is 0 Å². The Morgan fingerprint density at radius 2 is 2.06 bits per heavy atom. The van der Waals surface area contributed by atoms with Crippen LogP contribution in [0.25, 0.3) is 0 Å². The Labute approximate surface area is 108 Å². The molecule has 1 saturated carbocycles. The van der Waals surface area contributed by atoms with Crippen LogP contribution in [0.1, 0.15) is 46.5 Å². The van der Waals surface area contributed by atoms with Gasteiger partial charge in [0, 0.05) is 6.04 Å². The molecule has 0 aromatic heterocycles. The van der Waals surface area contributed by atoms with Crippen LogP contribution in [0.4, 0.5) is 0 Å². The number of nitrogens with two attached hydrogens (primary N) is 1. The van der Waals surface area contributed by atoms with Crippen LogP contribution in [0, 0.1) is 11.8 Å². The van der Waals surface area contributed by atoms with E-state index >= 15 is 0 Å². The van der Waals surface area contributed by atoms with Crippen molar-refractivity contribution in [3.05, 3.63) is 0 Å². The molecule has 0 radical (unpaired) electrons. The third-order valence-corrected chi connectivity index (χ3v) is 3.98. The molecule has 0 spiro atoms. The van der Waals surface area contributed by atoms with E-state index in [-0.39, 0.29) is 5.91 Å². The molecule has 1 rings (SSSR count). The zero-order valence-corrected chi connectivity index (χ0v) is 11.4. The van der Waals surface area contributed by atoms with Gasteiger partial charge < -0.3 is 16.2 Å². The predicted octanol–water partition coefficient (Wildman–Crippen LogP) is 1.12. The number of carboxylic acid groups (broad SMARTS) is 1. The maximum atomic E-state index is 12.2. The summed E-state index contributed by atoms with van der Waals surface area (Å²) in [6.45, 7) is 5.38. The van der Waals surface area contributed by atoms with E-state index < -0.39 is 23.5 Å². The molecule has 0 bridgehead atoms. The van der Waals surface area contributed by atoms with Crippen molar-refractivity contribution in [2.24, 2.45) is 17.6 Å². The standard InChI is InChI=1S/C13H24N2O3/c1-8-5-4-6-13(14,7-8)12(18)15-10(3)9(2)11(16)17/h8-10H,4-7,14H2,1-3H3,(H,15,18)(H,16,17). The van der Waals surface area contributed by atoms with Gasteiger partial charge in [0.1, 0.15) is 0 Å². The van der Waals surface area contributed by atoms with Gasteiger partial charge in [0.2, 0.25) is 5.91 Å². The molecule has 0 aromatic rings. The molecular formula is C13H24N2O3. The van der Waals surface area contributed by atoms with Gasteiger partial charge in [-0.25, -0.2) is 0 Å². The molecule has 4 atom stereocenters. The van der Waals surface area contributed by atoms with Gasteiger partial charge in [-0.2, -0.15) is 0 Å². The number of carbonyl (C=O) groups excluding carboxylic acids is 1. The van der Waals surface area contributed by atoms with Crippen LogP contribution in [-0.2, 0) is 9.59 Å². The summed E-state index contributed by atoms with van der Waals surface area (Å²) >= 11 is 0. The maximum absolute atomic E-state index is 12.2. The Hall–Kier alpha value is -1.10. The van der Waals surface area contributed by atoms with Gasteiger partial charge in [0.25, 0.3) is 0 Å². The molecule has 5 nitrogen and oxygen atoms in total. The number of nitrogens with one attached hydrogen (secondary N) is 1. The van der Waals surface area contributed by atoms with Gasteiger partial charge >= 0.3 is 5.97 Å². The second kappa shape index (κ2) is 5.69.